The summed E-state index contributed by atoms with van der Waals surface area (Å²) in [5.74, 6) is -0.482. The van der Waals surface area contributed by atoms with E-state index in [9.17, 15) is 18.8 Å². The zero-order valence-corrected chi connectivity index (χ0v) is 17.2. The van der Waals surface area contributed by atoms with E-state index in [1.54, 1.807) is 4.90 Å². The fourth-order valence-corrected chi connectivity index (χ4v) is 4.14. The van der Waals surface area contributed by atoms with E-state index in [-0.39, 0.29) is 36.3 Å². The second kappa shape index (κ2) is 9.76. The summed E-state index contributed by atoms with van der Waals surface area (Å²) < 4.78 is 12.9. The van der Waals surface area contributed by atoms with Gasteiger partial charge in [-0.2, -0.15) is 0 Å². The zero-order chi connectivity index (χ0) is 20.8. The first-order chi connectivity index (χ1) is 13.9. The van der Waals surface area contributed by atoms with Crippen LogP contribution in [0.1, 0.15) is 27.4 Å². The van der Waals surface area contributed by atoms with Crippen molar-refractivity contribution in [3.05, 3.63) is 52.0 Å². The van der Waals surface area contributed by atoms with Gasteiger partial charge in [0.05, 0.1) is 31.1 Å². The summed E-state index contributed by atoms with van der Waals surface area (Å²) in [6.45, 7) is 4.76. The average Bonchev–Trinajstić information content (AvgIpc) is 3.14. The van der Waals surface area contributed by atoms with Crippen molar-refractivity contribution in [2.75, 3.05) is 38.0 Å². The highest BCUT2D eigenvalue weighted by Gasteiger charge is 2.25. The number of benzene rings is 1. The van der Waals surface area contributed by atoms with Crippen LogP contribution >= 0.6 is 11.3 Å². The molecule has 0 bridgehead atoms. The molecule has 2 aromatic rings. The third-order valence-electron chi connectivity index (χ3n) is 4.94. The van der Waals surface area contributed by atoms with Gasteiger partial charge in [-0.15, -0.1) is 11.3 Å². The Kier molecular flexibility index (Phi) is 7.11. The molecule has 2 heterocycles. The van der Waals surface area contributed by atoms with Crippen molar-refractivity contribution in [2.24, 2.45) is 0 Å². The molecule has 0 unspecified atom stereocenters. The van der Waals surface area contributed by atoms with E-state index < -0.39 is 0 Å². The summed E-state index contributed by atoms with van der Waals surface area (Å²) >= 11 is 1.46. The van der Waals surface area contributed by atoms with Crippen LogP contribution in [0.15, 0.2) is 36.4 Å². The predicted octanol–water partition coefficient (Wildman–Crippen LogP) is 1.52. The Bertz CT molecular complexity index is 874. The summed E-state index contributed by atoms with van der Waals surface area (Å²) in [5.41, 5.74) is 0.565. The molecule has 8 heteroatoms. The molecule has 29 heavy (non-hydrogen) atoms. The van der Waals surface area contributed by atoms with Gasteiger partial charge < -0.3 is 15.1 Å². The van der Waals surface area contributed by atoms with E-state index in [0.29, 0.717) is 43.3 Å². The monoisotopic (exact) mass is 418 g/mol. The minimum absolute atomic E-state index is 0.0122. The minimum atomic E-state index is -0.346. The number of nitrogens with zero attached hydrogens (tertiary/aromatic N) is 1. The van der Waals surface area contributed by atoms with Crippen LogP contribution in [0.3, 0.4) is 0 Å². The number of aryl methyl sites for hydroxylation is 1. The van der Waals surface area contributed by atoms with E-state index in [1.807, 2.05) is 19.1 Å². The Hall–Kier alpha value is -2.58. The molecular weight excluding hydrogens is 393 g/mol. The molecule has 0 radical (unpaired) electrons. The van der Waals surface area contributed by atoms with E-state index in [4.69, 9.17) is 0 Å². The van der Waals surface area contributed by atoms with Crippen molar-refractivity contribution >= 4 is 34.6 Å². The largest absolute Gasteiger partial charge is 0.331 e. The van der Waals surface area contributed by atoms with Crippen molar-refractivity contribution in [1.29, 1.82) is 0 Å². The smallest absolute Gasteiger partial charge is 0.279 e. The van der Waals surface area contributed by atoms with Gasteiger partial charge in [0, 0.05) is 23.4 Å². The van der Waals surface area contributed by atoms with Crippen LogP contribution < -0.4 is 10.2 Å². The molecule has 1 aromatic heterocycles. The molecule has 0 spiro atoms. The van der Waals surface area contributed by atoms with Crippen molar-refractivity contribution in [2.45, 2.75) is 19.8 Å². The van der Waals surface area contributed by atoms with Crippen molar-refractivity contribution in [3.63, 3.8) is 0 Å². The van der Waals surface area contributed by atoms with Crippen molar-refractivity contribution < 1.29 is 23.7 Å². The Balaban J connectivity index is 1.38. The van der Waals surface area contributed by atoms with Gasteiger partial charge in [-0.05, 0) is 43.3 Å². The van der Waals surface area contributed by atoms with Gasteiger partial charge in [-0.3, -0.25) is 14.4 Å². The van der Waals surface area contributed by atoms with Crippen LogP contribution in [0.2, 0.25) is 0 Å². The Morgan fingerprint density at radius 2 is 1.76 bits per heavy atom. The van der Waals surface area contributed by atoms with Gasteiger partial charge in [0.2, 0.25) is 5.91 Å². The first kappa shape index (κ1) is 21.1. The standard InChI is InChI=1S/C21H24FN3O3S/c1-15-2-8-19(29-15)18(26)7-9-21(28)25-12-10-24(11-13-25)14-20(27)23-17-5-3-16(22)4-6-17/h2-6,8H,7,9-14H2,1H3,(H,23,27)/p+1. The lowest BCUT2D eigenvalue weighted by Crippen LogP contribution is -3.15. The number of anilines is 1. The molecule has 0 atom stereocenters. The number of ketones is 1. The molecule has 1 aliphatic rings. The minimum Gasteiger partial charge on any atom is -0.331 e. The highest BCUT2D eigenvalue weighted by Crippen LogP contribution is 2.17. The predicted molar refractivity (Wildman–Crippen MR) is 110 cm³/mol. The summed E-state index contributed by atoms with van der Waals surface area (Å²) in [4.78, 5) is 41.4. The maximum absolute atomic E-state index is 12.9. The number of quaternary nitrogens is 1. The number of Topliss-reactive ketones (excluding diaryl/α,β-unsaturated/α-hetero) is 1. The molecule has 6 nitrogen and oxygen atoms in total. The molecule has 2 amide bonds. The third-order valence-corrected chi connectivity index (χ3v) is 5.98. The molecular formula is C21H25FN3O3S+. The first-order valence-electron chi connectivity index (χ1n) is 9.67. The number of nitrogens with one attached hydrogen (secondary N) is 2. The van der Waals surface area contributed by atoms with Crippen molar-refractivity contribution in [3.8, 4) is 0 Å². The lowest BCUT2D eigenvalue weighted by atomic mass is 10.1. The summed E-state index contributed by atoms with van der Waals surface area (Å²) in [7, 11) is 0. The van der Waals surface area contributed by atoms with Crippen LogP contribution in [0.5, 0.6) is 0 Å². The van der Waals surface area contributed by atoms with Crippen molar-refractivity contribution in [1.82, 2.24) is 4.90 Å². The van der Waals surface area contributed by atoms with Gasteiger partial charge in [0.1, 0.15) is 5.82 Å². The number of carbonyl (C=O) groups excluding carboxylic acids is 3. The molecule has 0 saturated carbocycles. The average molecular weight is 419 g/mol. The number of hydrogen-bond acceptors (Lipinski definition) is 4. The van der Waals surface area contributed by atoms with Crippen LogP contribution in [0.25, 0.3) is 0 Å². The topological polar surface area (TPSA) is 70.9 Å². The van der Waals surface area contributed by atoms with E-state index >= 15 is 0 Å². The van der Waals surface area contributed by atoms with E-state index in [2.05, 4.69) is 5.32 Å². The fourth-order valence-electron chi connectivity index (χ4n) is 3.30. The number of amides is 2. The number of thiophene rings is 1. The first-order valence-corrected chi connectivity index (χ1v) is 10.5. The molecule has 3 rings (SSSR count). The number of hydrogen-bond donors (Lipinski definition) is 2. The molecule has 1 aromatic carbocycles. The van der Waals surface area contributed by atoms with Gasteiger partial charge in [-0.1, -0.05) is 0 Å². The van der Waals surface area contributed by atoms with Crippen LogP contribution in [0, 0.1) is 12.7 Å². The summed E-state index contributed by atoms with van der Waals surface area (Å²) in [5, 5.41) is 2.76. The Morgan fingerprint density at radius 3 is 2.38 bits per heavy atom. The summed E-state index contributed by atoms with van der Waals surface area (Å²) in [6.07, 6.45) is 0.447. The zero-order valence-electron chi connectivity index (χ0n) is 16.4. The van der Waals surface area contributed by atoms with Crippen LogP contribution in [0.4, 0.5) is 10.1 Å². The normalized spacial score (nSPS) is 14.6. The Labute approximate surface area is 173 Å². The van der Waals surface area contributed by atoms with E-state index in [1.165, 1.54) is 35.6 Å². The Morgan fingerprint density at radius 1 is 1.07 bits per heavy atom. The molecule has 0 aliphatic carbocycles. The van der Waals surface area contributed by atoms with Gasteiger partial charge in [0.25, 0.3) is 5.91 Å². The summed E-state index contributed by atoms with van der Waals surface area (Å²) in [6, 6.07) is 9.38. The maximum atomic E-state index is 12.9. The SMILES string of the molecule is Cc1ccc(C(=O)CCC(=O)N2CC[NH+](CC(=O)Nc3ccc(F)cc3)CC2)s1. The number of rotatable bonds is 7. The quantitative estimate of drug-likeness (QED) is 0.670. The van der Waals surface area contributed by atoms with Crippen LogP contribution in [-0.4, -0.2) is 55.2 Å². The second-order valence-electron chi connectivity index (χ2n) is 7.20. The number of halogens is 1. The highest BCUT2D eigenvalue weighted by atomic mass is 32.1. The van der Waals surface area contributed by atoms with E-state index in [0.717, 1.165) is 9.78 Å². The maximum Gasteiger partial charge on any atom is 0.279 e. The molecule has 2 N–H and O–H groups in total. The van der Waals surface area contributed by atoms with Gasteiger partial charge in [-0.25, -0.2) is 4.39 Å². The highest BCUT2D eigenvalue weighted by molar-refractivity contribution is 7.14. The second-order valence-corrected chi connectivity index (χ2v) is 8.48. The van der Waals surface area contributed by atoms with Gasteiger partial charge in [0.15, 0.2) is 12.3 Å². The van der Waals surface area contributed by atoms with Gasteiger partial charge >= 0.3 is 0 Å². The molecule has 1 aliphatic heterocycles. The third kappa shape index (κ3) is 6.20. The molecule has 1 saturated heterocycles. The number of carbonyl (C=O) groups is 3. The lowest BCUT2D eigenvalue weighted by Gasteiger charge is -2.31. The molecule has 154 valence electrons. The fraction of sp³-hybridized carbons (Fsp3) is 0.381. The number of piperazine rings is 1. The lowest BCUT2D eigenvalue weighted by molar-refractivity contribution is -0.895. The van der Waals surface area contributed by atoms with Crippen LogP contribution in [-0.2, 0) is 9.59 Å². The molecule has 1 fully saturated rings.